The van der Waals surface area contributed by atoms with Gasteiger partial charge in [0, 0.05) is 25.7 Å². The highest BCUT2D eigenvalue weighted by atomic mass is 35.5. The third-order valence-electron chi connectivity index (χ3n) is 2.74. The SMILES string of the molecule is C[C@@H]1CNCCN1c1cccc(Cl)c1F. The molecule has 1 aliphatic rings. The van der Waals surface area contributed by atoms with Gasteiger partial charge in [-0.1, -0.05) is 17.7 Å². The second-order valence-electron chi connectivity index (χ2n) is 3.82. The van der Waals surface area contributed by atoms with Crippen LogP contribution >= 0.6 is 11.6 Å². The van der Waals surface area contributed by atoms with Crippen LogP contribution in [-0.4, -0.2) is 25.7 Å². The summed E-state index contributed by atoms with van der Waals surface area (Å²) in [6.07, 6.45) is 0. The molecular weight excluding hydrogens is 215 g/mol. The van der Waals surface area contributed by atoms with Crippen molar-refractivity contribution in [1.29, 1.82) is 0 Å². The summed E-state index contributed by atoms with van der Waals surface area (Å²) in [7, 11) is 0. The first kappa shape index (κ1) is 10.7. The number of rotatable bonds is 1. The van der Waals surface area contributed by atoms with Crippen molar-refractivity contribution < 1.29 is 4.39 Å². The molecule has 0 radical (unpaired) electrons. The van der Waals surface area contributed by atoms with Crippen LogP contribution in [0.2, 0.25) is 5.02 Å². The number of hydrogen-bond acceptors (Lipinski definition) is 2. The van der Waals surface area contributed by atoms with E-state index < -0.39 is 0 Å². The summed E-state index contributed by atoms with van der Waals surface area (Å²) in [6.45, 7) is 4.66. The molecule has 15 heavy (non-hydrogen) atoms. The fraction of sp³-hybridized carbons (Fsp3) is 0.455. The van der Waals surface area contributed by atoms with E-state index in [-0.39, 0.29) is 10.8 Å². The molecule has 2 rings (SSSR count). The number of anilines is 1. The van der Waals surface area contributed by atoms with Crippen LogP contribution in [0.25, 0.3) is 0 Å². The lowest BCUT2D eigenvalue weighted by Gasteiger charge is -2.36. The molecule has 0 amide bonds. The minimum atomic E-state index is -0.312. The molecule has 0 unspecified atom stereocenters. The second kappa shape index (κ2) is 4.37. The lowest BCUT2D eigenvalue weighted by molar-refractivity contribution is 0.491. The summed E-state index contributed by atoms with van der Waals surface area (Å²) in [5.74, 6) is -0.312. The van der Waals surface area contributed by atoms with Crippen molar-refractivity contribution in [2.45, 2.75) is 13.0 Å². The molecule has 0 aliphatic carbocycles. The van der Waals surface area contributed by atoms with Crippen LogP contribution in [-0.2, 0) is 0 Å². The zero-order valence-electron chi connectivity index (χ0n) is 8.63. The Morgan fingerprint density at radius 2 is 2.33 bits per heavy atom. The van der Waals surface area contributed by atoms with E-state index in [4.69, 9.17) is 11.6 Å². The maximum Gasteiger partial charge on any atom is 0.165 e. The Balaban J connectivity index is 2.31. The Kier molecular flexibility index (Phi) is 3.12. The van der Waals surface area contributed by atoms with Gasteiger partial charge in [-0.25, -0.2) is 4.39 Å². The fourth-order valence-electron chi connectivity index (χ4n) is 1.91. The van der Waals surface area contributed by atoms with E-state index in [1.165, 1.54) is 0 Å². The van der Waals surface area contributed by atoms with E-state index in [0.717, 1.165) is 19.6 Å². The van der Waals surface area contributed by atoms with Gasteiger partial charge < -0.3 is 10.2 Å². The molecule has 0 spiro atoms. The van der Waals surface area contributed by atoms with Gasteiger partial charge in [0.15, 0.2) is 5.82 Å². The Labute approximate surface area is 94.0 Å². The molecule has 1 aromatic rings. The number of piperazine rings is 1. The van der Waals surface area contributed by atoms with Crippen molar-refractivity contribution in [2.75, 3.05) is 24.5 Å². The Bertz CT molecular complexity index is 356. The van der Waals surface area contributed by atoms with E-state index in [0.29, 0.717) is 11.7 Å². The Morgan fingerprint density at radius 3 is 3.07 bits per heavy atom. The quantitative estimate of drug-likeness (QED) is 0.794. The topological polar surface area (TPSA) is 15.3 Å². The van der Waals surface area contributed by atoms with Gasteiger partial charge in [0.2, 0.25) is 0 Å². The van der Waals surface area contributed by atoms with Gasteiger partial charge in [0.05, 0.1) is 10.7 Å². The van der Waals surface area contributed by atoms with Gasteiger partial charge in [-0.15, -0.1) is 0 Å². The average molecular weight is 229 g/mol. The van der Waals surface area contributed by atoms with Crippen molar-refractivity contribution in [2.24, 2.45) is 0 Å². The first-order valence-electron chi connectivity index (χ1n) is 5.11. The van der Waals surface area contributed by atoms with Crippen LogP contribution in [0.15, 0.2) is 18.2 Å². The molecule has 0 bridgehead atoms. The molecule has 0 saturated carbocycles. The number of benzene rings is 1. The van der Waals surface area contributed by atoms with Gasteiger partial charge in [0.1, 0.15) is 0 Å². The molecule has 1 atom stereocenters. The summed E-state index contributed by atoms with van der Waals surface area (Å²) in [4.78, 5) is 2.05. The average Bonchev–Trinajstić information content (AvgIpc) is 2.23. The number of nitrogens with one attached hydrogen (secondary N) is 1. The van der Waals surface area contributed by atoms with Gasteiger partial charge in [-0.2, -0.15) is 0 Å². The predicted octanol–water partition coefficient (Wildman–Crippen LogP) is 2.28. The van der Waals surface area contributed by atoms with Gasteiger partial charge in [-0.3, -0.25) is 0 Å². The minimum absolute atomic E-state index is 0.193. The first-order valence-corrected chi connectivity index (χ1v) is 5.49. The standard InChI is InChI=1S/C11H14ClFN2/c1-8-7-14-5-6-15(8)10-4-2-3-9(12)11(10)13/h2-4,8,14H,5-7H2,1H3/t8-/m1/s1. The van der Waals surface area contributed by atoms with Gasteiger partial charge in [-0.05, 0) is 19.1 Å². The fourth-order valence-corrected chi connectivity index (χ4v) is 2.08. The molecule has 1 aliphatic heterocycles. The molecule has 82 valence electrons. The normalized spacial score (nSPS) is 21.8. The molecular formula is C11H14ClFN2. The molecule has 2 nitrogen and oxygen atoms in total. The summed E-state index contributed by atoms with van der Waals surface area (Å²) < 4.78 is 13.8. The van der Waals surface area contributed by atoms with Crippen molar-refractivity contribution in [3.8, 4) is 0 Å². The number of hydrogen-bond donors (Lipinski definition) is 1. The van der Waals surface area contributed by atoms with Crippen LogP contribution in [0, 0.1) is 5.82 Å². The smallest absolute Gasteiger partial charge is 0.165 e. The lowest BCUT2D eigenvalue weighted by atomic mass is 10.1. The molecule has 1 N–H and O–H groups in total. The Hall–Kier alpha value is -0.800. The minimum Gasteiger partial charge on any atom is -0.364 e. The molecule has 4 heteroatoms. The van der Waals surface area contributed by atoms with Gasteiger partial charge >= 0.3 is 0 Å². The van der Waals surface area contributed by atoms with Crippen LogP contribution in [0.3, 0.4) is 0 Å². The van der Waals surface area contributed by atoms with E-state index in [9.17, 15) is 4.39 Å². The van der Waals surface area contributed by atoms with Crippen LogP contribution < -0.4 is 10.2 Å². The highest BCUT2D eigenvalue weighted by Crippen LogP contribution is 2.27. The van der Waals surface area contributed by atoms with Crippen molar-refractivity contribution in [3.05, 3.63) is 29.0 Å². The summed E-state index contributed by atoms with van der Waals surface area (Å²) in [5, 5.41) is 3.46. The number of nitrogens with zero attached hydrogens (tertiary/aromatic N) is 1. The van der Waals surface area contributed by atoms with Crippen molar-refractivity contribution >= 4 is 17.3 Å². The molecule has 1 fully saturated rings. The van der Waals surface area contributed by atoms with Crippen molar-refractivity contribution in [3.63, 3.8) is 0 Å². The summed E-state index contributed by atoms with van der Waals surface area (Å²) in [6, 6.07) is 5.44. The Morgan fingerprint density at radius 1 is 1.53 bits per heavy atom. The maximum absolute atomic E-state index is 13.8. The number of halogens is 2. The molecule has 1 aromatic carbocycles. The van der Waals surface area contributed by atoms with Crippen LogP contribution in [0.4, 0.5) is 10.1 Å². The van der Waals surface area contributed by atoms with E-state index >= 15 is 0 Å². The molecule has 1 heterocycles. The largest absolute Gasteiger partial charge is 0.364 e. The van der Waals surface area contributed by atoms with Gasteiger partial charge in [0.25, 0.3) is 0 Å². The highest BCUT2D eigenvalue weighted by molar-refractivity contribution is 6.31. The monoisotopic (exact) mass is 228 g/mol. The zero-order chi connectivity index (χ0) is 10.8. The first-order chi connectivity index (χ1) is 7.20. The summed E-state index contributed by atoms with van der Waals surface area (Å²) >= 11 is 5.76. The van der Waals surface area contributed by atoms with Crippen molar-refractivity contribution in [1.82, 2.24) is 5.32 Å². The third kappa shape index (κ3) is 2.08. The highest BCUT2D eigenvalue weighted by Gasteiger charge is 2.21. The molecule has 0 aromatic heterocycles. The summed E-state index contributed by atoms with van der Waals surface area (Å²) in [5.41, 5.74) is 0.608. The second-order valence-corrected chi connectivity index (χ2v) is 4.23. The van der Waals surface area contributed by atoms with E-state index in [2.05, 4.69) is 17.1 Å². The zero-order valence-corrected chi connectivity index (χ0v) is 9.39. The molecule has 1 saturated heterocycles. The van der Waals surface area contributed by atoms with Crippen LogP contribution in [0.5, 0.6) is 0 Å². The lowest BCUT2D eigenvalue weighted by Crippen LogP contribution is -2.50. The third-order valence-corrected chi connectivity index (χ3v) is 3.03. The maximum atomic E-state index is 13.8. The van der Waals surface area contributed by atoms with E-state index in [1.807, 2.05) is 0 Å². The predicted molar refractivity (Wildman–Crippen MR) is 61.1 cm³/mol. The van der Waals surface area contributed by atoms with Crippen LogP contribution in [0.1, 0.15) is 6.92 Å². The van der Waals surface area contributed by atoms with E-state index in [1.54, 1.807) is 18.2 Å².